The fourth-order valence-electron chi connectivity index (χ4n) is 3.25. The zero-order valence-corrected chi connectivity index (χ0v) is 17.0. The first-order chi connectivity index (χ1) is 15.1. The summed E-state index contributed by atoms with van der Waals surface area (Å²) in [6, 6.07) is 14.1. The molecule has 0 bridgehead atoms. The van der Waals surface area contributed by atoms with Crippen molar-refractivity contribution in [1.82, 2.24) is 5.01 Å². The number of carbonyl (C=O) groups is 2. The Morgan fingerprint density at radius 3 is 2.52 bits per heavy atom. The minimum Gasteiger partial charge on any atom is -0.482 e. The first kappa shape index (κ1) is 20.5. The van der Waals surface area contributed by atoms with Gasteiger partial charge in [0.15, 0.2) is 13.2 Å². The maximum Gasteiger partial charge on any atom is 0.344 e. The van der Waals surface area contributed by atoms with E-state index >= 15 is 0 Å². The molecule has 8 heteroatoms. The summed E-state index contributed by atoms with van der Waals surface area (Å²) in [7, 11) is 0. The summed E-state index contributed by atoms with van der Waals surface area (Å²) in [5, 5.41) is 5.65. The smallest absolute Gasteiger partial charge is 0.344 e. The zero-order chi connectivity index (χ0) is 21.6. The molecule has 31 heavy (non-hydrogen) atoms. The number of hydrogen-bond acceptors (Lipinski definition) is 7. The first-order valence-electron chi connectivity index (χ1n) is 9.98. The highest BCUT2D eigenvalue weighted by Crippen LogP contribution is 2.33. The highest BCUT2D eigenvalue weighted by molar-refractivity contribution is 6.01. The van der Waals surface area contributed by atoms with Gasteiger partial charge in [-0.25, -0.2) is 9.80 Å². The van der Waals surface area contributed by atoms with Gasteiger partial charge in [-0.1, -0.05) is 19.1 Å². The van der Waals surface area contributed by atoms with Gasteiger partial charge in [-0.05, 0) is 48.4 Å². The predicted octanol–water partition coefficient (Wildman–Crippen LogP) is 3.73. The Kier molecular flexibility index (Phi) is 6.16. The van der Waals surface area contributed by atoms with E-state index in [1.807, 2.05) is 12.1 Å². The zero-order valence-electron chi connectivity index (χ0n) is 17.0. The summed E-state index contributed by atoms with van der Waals surface area (Å²) in [6.07, 6.45) is 4.43. The van der Waals surface area contributed by atoms with E-state index in [1.165, 1.54) is 16.8 Å². The lowest BCUT2D eigenvalue weighted by atomic mass is 10.1. The number of carbonyl (C=O) groups excluding carboxylic acids is 2. The van der Waals surface area contributed by atoms with Crippen LogP contribution in [0.25, 0.3) is 0 Å². The minimum atomic E-state index is -0.642. The molecule has 3 heterocycles. The number of rotatable bonds is 8. The molecule has 1 aliphatic rings. The maximum atomic E-state index is 12.7. The monoisotopic (exact) mass is 422 g/mol. The van der Waals surface area contributed by atoms with Crippen LogP contribution in [0.3, 0.4) is 0 Å². The Balaban J connectivity index is 1.34. The third kappa shape index (κ3) is 4.85. The molecule has 0 radical (unpaired) electrons. The largest absolute Gasteiger partial charge is 0.482 e. The van der Waals surface area contributed by atoms with Crippen molar-refractivity contribution in [2.45, 2.75) is 25.8 Å². The topological polar surface area (TPSA) is 94.5 Å². The lowest BCUT2D eigenvalue weighted by Crippen LogP contribution is -2.32. The fourth-order valence-corrected chi connectivity index (χ4v) is 3.25. The van der Waals surface area contributed by atoms with E-state index < -0.39 is 24.5 Å². The quantitative estimate of drug-likeness (QED) is 0.514. The number of esters is 1. The number of hydrazone groups is 1. The van der Waals surface area contributed by atoms with Crippen molar-refractivity contribution in [1.29, 1.82) is 0 Å². The number of furan rings is 2. The van der Waals surface area contributed by atoms with Crippen LogP contribution in [0.1, 0.15) is 36.5 Å². The Labute approximate surface area is 179 Å². The van der Waals surface area contributed by atoms with Gasteiger partial charge in [-0.3, -0.25) is 4.79 Å². The Morgan fingerprint density at radius 1 is 1.06 bits per heavy atom. The standard InChI is InChI=1S/C23H22N2O6/c1-2-16-7-9-17(10-8-16)30-15-23(27)31-14-22(26)25-19(21-6-4-12-29-21)13-18(24-25)20-5-3-11-28-20/h3-12,19H,2,13-15H2,1H3. The van der Waals surface area contributed by atoms with Gasteiger partial charge in [0.2, 0.25) is 0 Å². The summed E-state index contributed by atoms with van der Waals surface area (Å²) in [4.78, 5) is 24.8. The number of amides is 1. The fraction of sp³-hybridized carbons (Fsp3) is 0.261. The molecule has 1 aromatic carbocycles. The molecular weight excluding hydrogens is 400 g/mol. The van der Waals surface area contributed by atoms with E-state index in [9.17, 15) is 9.59 Å². The second kappa shape index (κ2) is 9.34. The summed E-state index contributed by atoms with van der Waals surface area (Å²) < 4.78 is 21.4. The molecule has 4 rings (SSSR count). The van der Waals surface area contributed by atoms with Gasteiger partial charge in [0.1, 0.15) is 29.0 Å². The summed E-state index contributed by atoms with van der Waals surface area (Å²) >= 11 is 0. The van der Waals surface area contributed by atoms with Crippen LogP contribution in [0, 0.1) is 0 Å². The van der Waals surface area contributed by atoms with Crippen molar-refractivity contribution in [2.75, 3.05) is 13.2 Å². The lowest BCUT2D eigenvalue weighted by Gasteiger charge is -2.19. The molecule has 1 unspecified atom stereocenters. The van der Waals surface area contributed by atoms with Crippen molar-refractivity contribution < 1.29 is 27.9 Å². The average Bonchev–Trinajstić information content (AvgIpc) is 3.56. The van der Waals surface area contributed by atoms with Gasteiger partial charge in [-0.2, -0.15) is 5.10 Å². The van der Waals surface area contributed by atoms with Gasteiger partial charge >= 0.3 is 5.97 Å². The molecule has 0 N–H and O–H groups in total. The van der Waals surface area contributed by atoms with E-state index in [-0.39, 0.29) is 6.61 Å². The van der Waals surface area contributed by atoms with Gasteiger partial charge < -0.3 is 18.3 Å². The van der Waals surface area contributed by atoms with Crippen molar-refractivity contribution in [3.63, 3.8) is 0 Å². The molecule has 1 aliphatic heterocycles. The van der Waals surface area contributed by atoms with Crippen LogP contribution in [-0.2, 0) is 20.7 Å². The second-order valence-corrected chi connectivity index (χ2v) is 6.94. The van der Waals surface area contributed by atoms with Crippen molar-refractivity contribution in [3.05, 3.63) is 78.1 Å². The third-order valence-electron chi connectivity index (χ3n) is 4.89. The van der Waals surface area contributed by atoms with Crippen LogP contribution in [0.5, 0.6) is 5.75 Å². The summed E-state index contributed by atoms with van der Waals surface area (Å²) in [5.74, 6) is 0.612. The van der Waals surface area contributed by atoms with Crippen LogP contribution in [0.15, 0.2) is 75.0 Å². The maximum absolute atomic E-state index is 12.7. The SMILES string of the molecule is CCc1ccc(OCC(=O)OCC(=O)N2N=C(c3ccco3)CC2c2ccco2)cc1. The molecule has 1 amide bonds. The first-order valence-corrected chi connectivity index (χ1v) is 9.98. The van der Waals surface area contributed by atoms with E-state index in [2.05, 4.69) is 12.0 Å². The Morgan fingerprint density at radius 2 is 1.84 bits per heavy atom. The van der Waals surface area contributed by atoms with Crippen LogP contribution in [-0.4, -0.2) is 35.8 Å². The van der Waals surface area contributed by atoms with Gasteiger partial charge in [0, 0.05) is 6.42 Å². The number of aryl methyl sites for hydroxylation is 1. The van der Waals surface area contributed by atoms with Gasteiger partial charge in [-0.15, -0.1) is 0 Å². The van der Waals surface area contributed by atoms with Crippen molar-refractivity contribution in [2.24, 2.45) is 5.10 Å². The minimum absolute atomic E-state index is 0.290. The molecule has 0 saturated carbocycles. The van der Waals surface area contributed by atoms with E-state index in [0.717, 1.165) is 6.42 Å². The van der Waals surface area contributed by atoms with Crippen LogP contribution < -0.4 is 4.74 Å². The number of benzene rings is 1. The van der Waals surface area contributed by atoms with Crippen molar-refractivity contribution in [3.8, 4) is 5.75 Å². The molecule has 8 nitrogen and oxygen atoms in total. The predicted molar refractivity (Wildman–Crippen MR) is 110 cm³/mol. The van der Waals surface area contributed by atoms with Crippen LogP contribution >= 0.6 is 0 Å². The van der Waals surface area contributed by atoms with Crippen LogP contribution in [0.2, 0.25) is 0 Å². The molecule has 3 aromatic rings. The molecular formula is C23H22N2O6. The molecule has 0 saturated heterocycles. The average molecular weight is 422 g/mol. The van der Waals surface area contributed by atoms with Gasteiger partial charge in [0.05, 0.1) is 12.5 Å². The molecule has 0 spiro atoms. The van der Waals surface area contributed by atoms with Crippen LogP contribution in [0.4, 0.5) is 0 Å². The molecule has 0 aliphatic carbocycles. The lowest BCUT2D eigenvalue weighted by molar-refractivity contribution is -0.154. The number of ether oxygens (including phenoxy) is 2. The summed E-state index contributed by atoms with van der Waals surface area (Å²) in [5.41, 5.74) is 1.79. The number of nitrogens with zero attached hydrogens (tertiary/aromatic N) is 2. The Bertz CT molecular complexity index is 1040. The molecule has 160 valence electrons. The summed E-state index contributed by atoms with van der Waals surface area (Å²) in [6.45, 7) is 1.31. The van der Waals surface area contributed by atoms with E-state index in [4.69, 9.17) is 18.3 Å². The molecule has 2 aromatic heterocycles. The molecule has 1 atom stereocenters. The Hall–Kier alpha value is -3.81. The van der Waals surface area contributed by atoms with Crippen molar-refractivity contribution >= 4 is 17.6 Å². The second-order valence-electron chi connectivity index (χ2n) is 6.94. The van der Waals surface area contributed by atoms with E-state index in [1.54, 1.807) is 42.7 Å². The highest BCUT2D eigenvalue weighted by atomic mass is 16.6. The van der Waals surface area contributed by atoms with E-state index in [0.29, 0.717) is 29.4 Å². The normalized spacial score (nSPS) is 15.6. The number of hydrogen-bond donors (Lipinski definition) is 0. The molecule has 0 fully saturated rings. The third-order valence-corrected chi connectivity index (χ3v) is 4.89. The van der Waals surface area contributed by atoms with Gasteiger partial charge in [0.25, 0.3) is 5.91 Å². The highest BCUT2D eigenvalue weighted by Gasteiger charge is 2.36.